The number of halogens is 1. The summed E-state index contributed by atoms with van der Waals surface area (Å²) in [4.78, 5) is 23.7. The monoisotopic (exact) mass is 475 g/mol. The molecule has 1 amide bonds. The lowest BCUT2D eigenvalue weighted by atomic mass is 9.93. The number of carbonyl (C=O) groups is 1. The van der Waals surface area contributed by atoms with Gasteiger partial charge in [-0.25, -0.2) is 9.97 Å². The van der Waals surface area contributed by atoms with Crippen LogP contribution in [-0.4, -0.2) is 33.0 Å². The number of rotatable bonds is 6. The van der Waals surface area contributed by atoms with Crippen LogP contribution in [0.4, 0.5) is 11.6 Å². The topological polar surface area (TPSA) is 91.9 Å². The molecule has 5 rings (SSSR count). The number of aromatic nitrogens is 3. The Hall–Kier alpha value is -3.58. The summed E-state index contributed by atoms with van der Waals surface area (Å²) >= 11 is 6.47. The first-order valence-electron chi connectivity index (χ1n) is 11.4. The minimum absolute atomic E-state index is 0.0906. The van der Waals surface area contributed by atoms with Crippen molar-refractivity contribution in [1.29, 1.82) is 0 Å². The molecule has 0 aliphatic heterocycles. The summed E-state index contributed by atoms with van der Waals surface area (Å²) in [5.74, 6) is 1.27. The van der Waals surface area contributed by atoms with E-state index in [1.165, 1.54) is 6.92 Å². The predicted molar refractivity (Wildman–Crippen MR) is 135 cm³/mol. The summed E-state index contributed by atoms with van der Waals surface area (Å²) in [6, 6.07) is 15.8. The van der Waals surface area contributed by atoms with E-state index in [9.17, 15) is 4.79 Å². The van der Waals surface area contributed by atoms with Crippen LogP contribution in [0.25, 0.3) is 22.2 Å². The number of H-pyrrole nitrogens is 1. The van der Waals surface area contributed by atoms with E-state index in [-0.39, 0.29) is 18.1 Å². The number of fused-ring (bicyclic) bond motifs is 1. The molecule has 0 radical (unpaired) electrons. The molecule has 7 nitrogen and oxygen atoms in total. The first kappa shape index (κ1) is 22.2. The van der Waals surface area contributed by atoms with E-state index in [1.54, 1.807) is 6.20 Å². The molecule has 1 saturated carbocycles. The van der Waals surface area contributed by atoms with Crippen molar-refractivity contribution in [2.75, 3.05) is 10.6 Å². The van der Waals surface area contributed by atoms with E-state index >= 15 is 0 Å². The van der Waals surface area contributed by atoms with Gasteiger partial charge in [0.15, 0.2) is 0 Å². The Morgan fingerprint density at radius 3 is 2.79 bits per heavy atom. The number of aromatic amines is 1. The molecule has 2 aromatic carbocycles. The summed E-state index contributed by atoms with van der Waals surface area (Å²) in [5, 5.41) is 7.85. The predicted octanol–water partition coefficient (Wildman–Crippen LogP) is 6.04. The molecule has 3 N–H and O–H groups in total. The summed E-state index contributed by atoms with van der Waals surface area (Å²) < 4.78 is 6.21. The van der Waals surface area contributed by atoms with Gasteiger partial charge in [-0.05, 0) is 49.6 Å². The number of anilines is 2. The van der Waals surface area contributed by atoms with Crippen molar-refractivity contribution in [3.05, 3.63) is 65.9 Å². The van der Waals surface area contributed by atoms with Crippen molar-refractivity contribution in [2.24, 2.45) is 0 Å². The molecule has 174 valence electrons. The Labute approximate surface area is 202 Å². The number of hydrogen-bond donors (Lipinski definition) is 3. The zero-order chi connectivity index (χ0) is 23.5. The van der Waals surface area contributed by atoms with E-state index in [0.29, 0.717) is 16.7 Å². The van der Waals surface area contributed by atoms with Crippen LogP contribution < -0.4 is 15.4 Å². The van der Waals surface area contributed by atoms with E-state index in [1.807, 2.05) is 48.7 Å². The number of ether oxygens (including phenoxy) is 1. The third-order valence-electron chi connectivity index (χ3n) is 6.03. The Kier molecular flexibility index (Phi) is 6.36. The first-order valence-corrected chi connectivity index (χ1v) is 11.8. The highest BCUT2D eigenvalue weighted by atomic mass is 35.5. The third-order valence-corrected chi connectivity index (χ3v) is 6.30. The second kappa shape index (κ2) is 9.73. The van der Waals surface area contributed by atoms with E-state index in [4.69, 9.17) is 21.3 Å². The molecule has 2 atom stereocenters. The van der Waals surface area contributed by atoms with Crippen molar-refractivity contribution in [3.63, 3.8) is 0 Å². The lowest BCUT2D eigenvalue weighted by Gasteiger charge is -2.30. The zero-order valence-corrected chi connectivity index (χ0v) is 19.6. The van der Waals surface area contributed by atoms with Gasteiger partial charge in [-0.2, -0.15) is 0 Å². The van der Waals surface area contributed by atoms with Gasteiger partial charge in [0, 0.05) is 47.7 Å². The summed E-state index contributed by atoms with van der Waals surface area (Å²) in [5.41, 5.74) is 3.46. The number of nitrogens with zero attached hydrogens (tertiary/aromatic N) is 2. The van der Waals surface area contributed by atoms with E-state index in [2.05, 4.69) is 26.7 Å². The number of para-hydroxylation sites is 1. The highest BCUT2D eigenvalue weighted by Gasteiger charge is 2.24. The fraction of sp³-hybridized carbons (Fsp3) is 0.269. The van der Waals surface area contributed by atoms with Crippen LogP contribution >= 0.6 is 11.6 Å². The molecular weight excluding hydrogens is 450 g/mol. The minimum atomic E-state index is -0.0906. The maximum absolute atomic E-state index is 11.2. The lowest BCUT2D eigenvalue weighted by Crippen LogP contribution is -2.33. The van der Waals surface area contributed by atoms with E-state index in [0.717, 1.165) is 53.6 Å². The second-order valence-electron chi connectivity index (χ2n) is 8.59. The van der Waals surface area contributed by atoms with Crippen LogP contribution in [0.3, 0.4) is 0 Å². The van der Waals surface area contributed by atoms with Crippen molar-refractivity contribution in [3.8, 4) is 17.0 Å². The Morgan fingerprint density at radius 2 is 1.97 bits per heavy atom. The van der Waals surface area contributed by atoms with Gasteiger partial charge in [-0.15, -0.1) is 0 Å². The van der Waals surface area contributed by atoms with Gasteiger partial charge in [0.2, 0.25) is 11.9 Å². The summed E-state index contributed by atoms with van der Waals surface area (Å²) in [6.07, 6.45) is 7.60. The lowest BCUT2D eigenvalue weighted by molar-refractivity contribution is -0.114. The average Bonchev–Trinajstić information content (AvgIpc) is 3.26. The van der Waals surface area contributed by atoms with Crippen LogP contribution in [-0.2, 0) is 4.79 Å². The van der Waals surface area contributed by atoms with Gasteiger partial charge in [-0.1, -0.05) is 29.8 Å². The molecule has 2 heterocycles. The molecule has 0 unspecified atom stereocenters. The summed E-state index contributed by atoms with van der Waals surface area (Å²) in [6.45, 7) is 1.49. The highest BCUT2D eigenvalue weighted by Crippen LogP contribution is 2.33. The smallest absolute Gasteiger partial charge is 0.223 e. The van der Waals surface area contributed by atoms with Gasteiger partial charge in [-0.3, -0.25) is 4.79 Å². The molecule has 8 heteroatoms. The molecule has 0 bridgehead atoms. The van der Waals surface area contributed by atoms with Gasteiger partial charge >= 0.3 is 0 Å². The fourth-order valence-electron chi connectivity index (χ4n) is 4.47. The quantitative estimate of drug-likeness (QED) is 0.316. The van der Waals surface area contributed by atoms with Gasteiger partial charge in [0.1, 0.15) is 11.9 Å². The number of nitrogens with one attached hydrogen (secondary N) is 3. The molecule has 2 aromatic heterocycles. The maximum Gasteiger partial charge on any atom is 0.223 e. The van der Waals surface area contributed by atoms with Gasteiger partial charge in [0.05, 0.1) is 16.9 Å². The van der Waals surface area contributed by atoms with Crippen molar-refractivity contribution >= 4 is 40.0 Å². The van der Waals surface area contributed by atoms with Crippen LogP contribution in [0, 0.1) is 0 Å². The van der Waals surface area contributed by atoms with Crippen molar-refractivity contribution in [1.82, 2.24) is 15.0 Å². The van der Waals surface area contributed by atoms with E-state index < -0.39 is 0 Å². The molecule has 1 fully saturated rings. The Balaban J connectivity index is 1.26. The van der Waals surface area contributed by atoms with Gasteiger partial charge in [0.25, 0.3) is 0 Å². The highest BCUT2D eigenvalue weighted by molar-refractivity contribution is 6.33. The summed E-state index contributed by atoms with van der Waals surface area (Å²) in [7, 11) is 0. The normalized spacial score (nSPS) is 17.9. The number of benzene rings is 2. The molecule has 0 spiro atoms. The number of carbonyl (C=O) groups excluding carboxylic acids is 1. The number of hydrogen-bond acceptors (Lipinski definition) is 5. The van der Waals surface area contributed by atoms with Crippen molar-refractivity contribution in [2.45, 2.75) is 44.8 Å². The SMILES string of the molecule is CC(=O)Nc1ccc(O[C@@H]2CCC[C@@H](Nc3ncc(Cl)c(-c4c[nH]c5ccccc45)n3)C2)cc1. The molecular formula is C26H26ClN5O2. The van der Waals surface area contributed by atoms with Crippen LogP contribution in [0.15, 0.2) is 60.9 Å². The van der Waals surface area contributed by atoms with Crippen LogP contribution in [0.2, 0.25) is 5.02 Å². The second-order valence-corrected chi connectivity index (χ2v) is 9.00. The standard InChI is InChI=1S/C26H26ClN5O2/c1-16(33)30-17-9-11-19(12-10-17)34-20-6-4-5-18(13-20)31-26-29-15-23(27)25(32-26)22-14-28-24-8-3-2-7-21(22)24/h2-3,7-12,14-15,18,20,28H,4-6,13H2,1H3,(H,30,33)(H,29,31,32)/t18-,20-/m1/s1. The molecule has 0 saturated heterocycles. The molecule has 1 aliphatic carbocycles. The third kappa shape index (κ3) is 4.99. The average molecular weight is 476 g/mol. The molecule has 1 aliphatic rings. The van der Waals surface area contributed by atoms with Crippen LogP contribution in [0.5, 0.6) is 5.75 Å². The molecule has 4 aromatic rings. The maximum atomic E-state index is 11.2. The first-order chi connectivity index (χ1) is 16.5. The fourth-order valence-corrected chi connectivity index (χ4v) is 4.66. The minimum Gasteiger partial charge on any atom is -0.490 e. The van der Waals surface area contributed by atoms with Gasteiger partial charge < -0.3 is 20.4 Å². The number of amides is 1. The Morgan fingerprint density at radius 1 is 1.15 bits per heavy atom. The van der Waals surface area contributed by atoms with Crippen LogP contribution in [0.1, 0.15) is 32.6 Å². The Bertz CT molecular complexity index is 1300. The largest absolute Gasteiger partial charge is 0.490 e. The van der Waals surface area contributed by atoms with Crippen molar-refractivity contribution < 1.29 is 9.53 Å². The zero-order valence-electron chi connectivity index (χ0n) is 18.8. The molecule has 34 heavy (non-hydrogen) atoms.